The number of hydrogen-bond acceptors (Lipinski definition) is 6. The highest BCUT2D eigenvalue weighted by molar-refractivity contribution is 7.97. The maximum atomic E-state index is 10.7. The van der Waals surface area contributed by atoms with E-state index in [1.807, 2.05) is 0 Å². The van der Waals surface area contributed by atoms with E-state index in [9.17, 15) is 14.9 Å². The molecule has 0 atom stereocenters. The Balaban J connectivity index is 2.62. The number of carbonyl (C=O) groups is 1. The average Bonchev–Trinajstić information content (AvgIpc) is 2.34. The van der Waals surface area contributed by atoms with E-state index < -0.39 is 10.8 Å². The fraction of sp³-hybridized carbons (Fsp3) is 0.100. The molecule has 0 bridgehead atoms. The van der Waals surface area contributed by atoms with Crippen LogP contribution in [0.2, 0.25) is 0 Å². The van der Waals surface area contributed by atoms with Crippen LogP contribution in [0.5, 0.6) is 0 Å². The SMILES string of the molecule is N#CC(=NSCc1ccc([N+](=O)[O-])cc1)C(N)=O. The van der Waals surface area contributed by atoms with Crippen molar-refractivity contribution in [3.8, 4) is 6.07 Å². The largest absolute Gasteiger partial charge is 0.364 e. The van der Waals surface area contributed by atoms with Gasteiger partial charge in [-0.1, -0.05) is 12.1 Å². The highest BCUT2D eigenvalue weighted by Gasteiger charge is 2.06. The van der Waals surface area contributed by atoms with Gasteiger partial charge in [-0.05, 0) is 17.5 Å². The van der Waals surface area contributed by atoms with Crippen molar-refractivity contribution < 1.29 is 9.72 Å². The number of carbonyl (C=O) groups excluding carboxylic acids is 1. The van der Waals surface area contributed by atoms with Crippen molar-refractivity contribution in [1.82, 2.24) is 0 Å². The van der Waals surface area contributed by atoms with E-state index >= 15 is 0 Å². The molecule has 7 nitrogen and oxygen atoms in total. The first kappa shape index (κ1) is 13.7. The fourth-order valence-electron chi connectivity index (χ4n) is 1.01. The molecule has 0 heterocycles. The third-order valence-corrected chi connectivity index (χ3v) is 2.65. The van der Waals surface area contributed by atoms with Crippen LogP contribution in [0.25, 0.3) is 0 Å². The van der Waals surface area contributed by atoms with Gasteiger partial charge in [0.1, 0.15) is 6.07 Å². The van der Waals surface area contributed by atoms with Gasteiger partial charge in [-0.3, -0.25) is 14.9 Å². The summed E-state index contributed by atoms with van der Waals surface area (Å²) in [6.07, 6.45) is 0. The van der Waals surface area contributed by atoms with E-state index in [4.69, 9.17) is 11.0 Å². The third-order valence-electron chi connectivity index (χ3n) is 1.87. The Hall–Kier alpha value is -2.40. The molecule has 1 aromatic rings. The van der Waals surface area contributed by atoms with Crippen molar-refractivity contribution in [2.24, 2.45) is 10.1 Å². The van der Waals surface area contributed by atoms with Crippen LogP contribution in [0.15, 0.2) is 28.7 Å². The smallest absolute Gasteiger partial charge is 0.278 e. The lowest BCUT2D eigenvalue weighted by Gasteiger charge is -1.97. The summed E-state index contributed by atoms with van der Waals surface area (Å²) in [5.74, 6) is -0.495. The van der Waals surface area contributed by atoms with Gasteiger partial charge in [0, 0.05) is 17.9 Å². The average molecular weight is 264 g/mol. The highest BCUT2D eigenvalue weighted by Crippen LogP contribution is 2.17. The first-order valence-electron chi connectivity index (χ1n) is 4.67. The maximum absolute atomic E-state index is 10.7. The molecule has 0 saturated carbocycles. The number of nitro benzene ring substituents is 1. The number of hydrogen-bond donors (Lipinski definition) is 1. The van der Waals surface area contributed by atoms with Gasteiger partial charge in [0.15, 0.2) is 0 Å². The zero-order valence-corrected chi connectivity index (χ0v) is 9.88. The number of nitrogens with zero attached hydrogens (tertiary/aromatic N) is 3. The van der Waals surface area contributed by atoms with Gasteiger partial charge in [-0.25, -0.2) is 0 Å². The Morgan fingerprint density at radius 3 is 2.56 bits per heavy atom. The number of nitriles is 1. The highest BCUT2D eigenvalue weighted by atomic mass is 32.2. The first-order chi connectivity index (χ1) is 8.54. The number of non-ortho nitro benzene ring substituents is 1. The second-order valence-corrected chi connectivity index (χ2v) is 3.84. The molecular formula is C10H8N4O3S. The summed E-state index contributed by atoms with van der Waals surface area (Å²) in [6.45, 7) is 0. The van der Waals surface area contributed by atoms with Crippen molar-refractivity contribution in [2.75, 3.05) is 0 Å². The van der Waals surface area contributed by atoms with Gasteiger partial charge in [0.05, 0.1) is 4.92 Å². The molecule has 0 unspecified atom stereocenters. The van der Waals surface area contributed by atoms with Crippen molar-refractivity contribution in [1.29, 1.82) is 5.26 Å². The summed E-state index contributed by atoms with van der Waals surface area (Å²) < 4.78 is 3.66. The number of nitro groups is 1. The van der Waals surface area contributed by atoms with Crippen LogP contribution >= 0.6 is 11.9 Å². The van der Waals surface area contributed by atoms with E-state index in [0.29, 0.717) is 5.75 Å². The predicted octanol–water partition coefficient (Wildman–Crippen LogP) is 1.19. The van der Waals surface area contributed by atoms with Gasteiger partial charge < -0.3 is 5.73 Å². The van der Waals surface area contributed by atoms with Gasteiger partial charge in [-0.15, -0.1) is 0 Å². The van der Waals surface area contributed by atoms with Crippen LogP contribution in [0, 0.1) is 21.4 Å². The molecule has 92 valence electrons. The Morgan fingerprint density at radius 2 is 2.11 bits per heavy atom. The van der Waals surface area contributed by atoms with Crippen molar-refractivity contribution in [2.45, 2.75) is 5.75 Å². The topological polar surface area (TPSA) is 122 Å². The standard InChI is InChI=1S/C10H8N4O3S/c11-5-9(10(12)15)13-18-6-7-1-3-8(4-2-7)14(16)17/h1-4H,6H2,(H2,12,15). The third kappa shape index (κ3) is 3.88. The number of rotatable bonds is 5. The molecule has 0 fully saturated rings. The molecule has 8 heteroatoms. The molecule has 0 saturated heterocycles. The summed E-state index contributed by atoms with van der Waals surface area (Å²) in [5.41, 5.74) is 5.33. The minimum atomic E-state index is -0.881. The van der Waals surface area contributed by atoms with Crippen LogP contribution in [-0.4, -0.2) is 16.5 Å². The molecule has 2 N–H and O–H groups in total. The molecule has 0 aliphatic carbocycles. The van der Waals surface area contributed by atoms with Crippen LogP contribution in [-0.2, 0) is 10.5 Å². The lowest BCUT2D eigenvalue weighted by Crippen LogP contribution is -2.21. The summed E-state index contributed by atoms with van der Waals surface area (Å²) >= 11 is 0.976. The Morgan fingerprint density at radius 1 is 1.50 bits per heavy atom. The maximum Gasteiger partial charge on any atom is 0.278 e. The minimum Gasteiger partial charge on any atom is -0.364 e. The zero-order chi connectivity index (χ0) is 13.5. The normalized spacial score (nSPS) is 10.7. The predicted molar refractivity (Wildman–Crippen MR) is 66.6 cm³/mol. The number of benzene rings is 1. The molecule has 1 rings (SSSR count). The molecule has 18 heavy (non-hydrogen) atoms. The lowest BCUT2D eigenvalue weighted by atomic mass is 10.2. The summed E-state index contributed by atoms with van der Waals surface area (Å²) in [7, 11) is 0. The Kier molecular flexibility index (Phi) is 4.83. The molecule has 0 aliphatic heterocycles. The minimum absolute atomic E-state index is 0.00195. The van der Waals surface area contributed by atoms with Crippen molar-refractivity contribution in [3.63, 3.8) is 0 Å². The lowest BCUT2D eigenvalue weighted by molar-refractivity contribution is -0.384. The van der Waals surface area contributed by atoms with Crippen LogP contribution in [0.1, 0.15) is 5.56 Å². The van der Waals surface area contributed by atoms with Gasteiger partial charge in [0.25, 0.3) is 11.6 Å². The molecule has 1 aromatic carbocycles. The van der Waals surface area contributed by atoms with E-state index in [2.05, 4.69) is 4.40 Å². The zero-order valence-electron chi connectivity index (χ0n) is 9.07. The van der Waals surface area contributed by atoms with E-state index in [1.165, 1.54) is 12.1 Å². The van der Waals surface area contributed by atoms with E-state index in [0.717, 1.165) is 17.5 Å². The summed E-state index contributed by atoms with van der Waals surface area (Å²) in [6, 6.07) is 7.49. The van der Waals surface area contributed by atoms with Crippen molar-refractivity contribution in [3.05, 3.63) is 39.9 Å². The fourth-order valence-corrected chi connectivity index (χ4v) is 1.67. The summed E-state index contributed by atoms with van der Waals surface area (Å²) in [4.78, 5) is 20.6. The second kappa shape index (κ2) is 6.36. The monoisotopic (exact) mass is 264 g/mol. The van der Waals surface area contributed by atoms with Crippen molar-refractivity contribution >= 4 is 29.3 Å². The van der Waals surface area contributed by atoms with Gasteiger partial charge in [-0.2, -0.15) is 9.66 Å². The second-order valence-electron chi connectivity index (χ2n) is 3.11. The van der Waals surface area contributed by atoms with E-state index in [1.54, 1.807) is 18.2 Å². The number of primary amides is 1. The van der Waals surface area contributed by atoms with Crippen LogP contribution in [0.4, 0.5) is 5.69 Å². The Labute approximate surface area is 107 Å². The van der Waals surface area contributed by atoms with E-state index in [-0.39, 0.29) is 11.4 Å². The number of nitrogens with two attached hydrogens (primary N) is 1. The first-order valence-corrected chi connectivity index (χ1v) is 5.62. The molecule has 0 aliphatic rings. The van der Waals surface area contributed by atoms with Crippen LogP contribution in [0.3, 0.4) is 0 Å². The quantitative estimate of drug-likeness (QED) is 0.370. The molecule has 0 spiro atoms. The molecular weight excluding hydrogens is 256 g/mol. The van der Waals surface area contributed by atoms with Gasteiger partial charge in [0.2, 0.25) is 5.71 Å². The Bertz CT molecular complexity index is 533. The van der Waals surface area contributed by atoms with Crippen LogP contribution < -0.4 is 5.73 Å². The van der Waals surface area contributed by atoms with Gasteiger partial charge >= 0.3 is 0 Å². The summed E-state index contributed by atoms with van der Waals surface area (Å²) in [5, 5.41) is 18.9. The molecule has 1 amide bonds. The number of amides is 1. The molecule has 0 aromatic heterocycles. The molecule has 0 radical (unpaired) electrons.